The number of ether oxygens (including phenoxy) is 2. The normalized spacial score (nSPS) is 18.4. The molecule has 1 fully saturated rings. The molecular formula is C20H25NO4. The molecule has 1 amide bonds. The number of carbonyl (C=O) groups excluding carboxylic acids is 2. The molecule has 2 aliphatic rings. The zero-order valence-corrected chi connectivity index (χ0v) is 14.7. The molecule has 0 saturated heterocycles. The summed E-state index contributed by atoms with van der Waals surface area (Å²) in [5.74, 6) is 0.350. The Kier molecular flexibility index (Phi) is 5.41. The van der Waals surface area contributed by atoms with Crippen LogP contribution in [0.4, 0.5) is 0 Å². The van der Waals surface area contributed by atoms with Crippen molar-refractivity contribution in [2.45, 2.75) is 51.0 Å². The highest BCUT2D eigenvalue weighted by atomic mass is 16.5. The maximum absolute atomic E-state index is 12.4. The number of carbonyl (C=O) groups is 2. The zero-order valence-electron chi connectivity index (χ0n) is 14.7. The molecule has 1 aromatic rings. The molecule has 1 aliphatic carbocycles. The number of esters is 1. The van der Waals surface area contributed by atoms with Gasteiger partial charge in [0.05, 0.1) is 13.2 Å². The molecule has 0 radical (unpaired) electrons. The first-order chi connectivity index (χ1) is 12.1. The summed E-state index contributed by atoms with van der Waals surface area (Å²) < 4.78 is 10.7. The SMILES string of the molecule is CCOC(=O)C1(NC(=O)/C=C/c2ccc3c(c2)CCO3)CCCCC1. The number of rotatable bonds is 5. The topological polar surface area (TPSA) is 64.6 Å². The van der Waals surface area contributed by atoms with E-state index in [4.69, 9.17) is 9.47 Å². The quantitative estimate of drug-likeness (QED) is 0.659. The van der Waals surface area contributed by atoms with Gasteiger partial charge < -0.3 is 14.8 Å². The lowest BCUT2D eigenvalue weighted by molar-refractivity contribution is -0.154. The highest BCUT2D eigenvalue weighted by Gasteiger charge is 2.41. The maximum Gasteiger partial charge on any atom is 0.331 e. The van der Waals surface area contributed by atoms with E-state index >= 15 is 0 Å². The fraction of sp³-hybridized carbons (Fsp3) is 0.500. The van der Waals surface area contributed by atoms with Crippen LogP contribution in [0.3, 0.4) is 0 Å². The Hall–Kier alpha value is -2.30. The van der Waals surface area contributed by atoms with Crippen LogP contribution in [0.25, 0.3) is 6.08 Å². The van der Waals surface area contributed by atoms with Gasteiger partial charge in [0, 0.05) is 12.5 Å². The minimum absolute atomic E-state index is 0.258. The van der Waals surface area contributed by atoms with Crippen molar-refractivity contribution in [3.8, 4) is 5.75 Å². The van der Waals surface area contributed by atoms with Gasteiger partial charge in [-0.1, -0.05) is 25.3 Å². The van der Waals surface area contributed by atoms with E-state index in [0.29, 0.717) is 26.1 Å². The molecule has 0 aromatic heterocycles. The Morgan fingerprint density at radius 1 is 1.28 bits per heavy atom. The summed E-state index contributed by atoms with van der Waals surface area (Å²) in [6, 6.07) is 5.89. The second-order valence-corrected chi connectivity index (χ2v) is 6.65. The predicted octanol–water partition coefficient (Wildman–Crippen LogP) is 3.02. The number of hydrogen-bond donors (Lipinski definition) is 1. The number of fused-ring (bicyclic) bond motifs is 1. The summed E-state index contributed by atoms with van der Waals surface area (Å²) >= 11 is 0. The van der Waals surface area contributed by atoms with Crippen molar-refractivity contribution in [1.29, 1.82) is 0 Å². The van der Waals surface area contributed by atoms with Gasteiger partial charge in [-0.15, -0.1) is 0 Å². The monoisotopic (exact) mass is 343 g/mol. The molecule has 134 valence electrons. The number of nitrogens with one attached hydrogen (secondary N) is 1. The molecule has 0 spiro atoms. The highest BCUT2D eigenvalue weighted by molar-refractivity contribution is 5.96. The van der Waals surface area contributed by atoms with Crippen LogP contribution in [0.2, 0.25) is 0 Å². The fourth-order valence-corrected chi connectivity index (χ4v) is 3.56. The van der Waals surface area contributed by atoms with Gasteiger partial charge in [0.15, 0.2) is 0 Å². The number of benzene rings is 1. The summed E-state index contributed by atoms with van der Waals surface area (Å²) in [7, 11) is 0. The van der Waals surface area contributed by atoms with Crippen molar-refractivity contribution in [2.75, 3.05) is 13.2 Å². The van der Waals surface area contributed by atoms with E-state index in [1.54, 1.807) is 13.0 Å². The Morgan fingerprint density at radius 2 is 2.08 bits per heavy atom. The Labute approximate surface area is 148 Å². The van der Waals surface area contributed by atoms with Gasteiger partial charge in [-0.05, 0) is 49.1 Å². The van der Waals surface area contributed by atoms with Crippen LogP contribution >= 0.6 is 0 Å². The third-order valence-electron chi connectivity index (χ3n) is 4.88. The van der Waals surface area contributed by atoms with Crippen LogP contribution < -0.4 is 10.1 Å². The average Bonchev–Trinajstić information content (AvgIpc) is 3.09. The molecule has 5 nitrogen and oxygen atoms in total. The van der Waals surface area contributed by atoms with E-state index in [1.807, 2.05) is 18.2 Å². The lowest BCUT2D eigenvalue weighted by Crippen LogP contribution is -2.56. The molecule has 1 N–H and O–H groups in total. The van der Waals surface area contributed by atoms with Gasteiger partial charge in [-0.3, -0.25) is 4.79 Å². The Morgan fingerprint density at radius 3 is 2.84 bits per heavy atom. The van der Waals surface area contributed by atoms with Crippen molar-refractivity contribution in [1.82, 2.24) is 5.32 Å². The van der Waals surface area contributed by atoms with Gasteiger partial charge >= 0.3 is 5.97 Å². The minimum Gasteiger partial charge on any atom is -0.493 e. The molecule has 1 aromatic carbocycles. The van der Waals surface area contributed by atoms with Crippen LogP contribution in [0, 0.1) is 0 Å². The van der Waals surface area contributed by atoms with Gasteiger partial charge in [0.25, 0.3) is 0 Å². The summed E-state index contributed by atoms with van der Waals surface area (Å²) in [5, 5.41) is 2.91. The van der Waals surface area contributed by atoms with E-state index in [1.165, 1.54) is 6.08 Å². The van der Waals surface area contributed by atoms with E-state index in [-0.39, 0.29) is 11.9 Å². The van der Waals surface area contributed by atoms with E-state index in [9.17, 15) is 9.59 Å². The average molecular weight is 343 g/mol. The third-order valence-corrected chi connectivity index (χ3v) is 4.88. The van der Waals surface area contributed by atoms with Crippen LogP contribution in [0.1, 0.15) is 50.2 Å². The first-order valence-corrected chi connectivity index (χ1v) is 9.06. The second-order valence-electron chi connectivity index (χ2n) is 6.65. The molecular weight excluding hydrogens is 318 g/mol. The van der Waals surface area contributed by atoms with E-state index in [0.717, 1.165) is 42.6 Å². The summed E-state index contributed by atoms with van der Waals surface area (Å²) in [6.07, 6.45) is 8.38. The molecule has 0 atom stereocenters. The molecule has 1 aliphatic heterocycles. The summed E-state index contributed by atoms with van der Waals surface area (Å²) in [5.41, 5.74) is 1.24. The molecule has 3 rings (SSSR count). The third kappa shape index (κ3) is 4.03. The minimum atomic E-state index is -0.874. The molecule has 1 saturated carbocycles. The molecule has 0 unspecified atom stereocenters. The van der Waals surface area contributed by atoms with Crippen LogP contribution in [0.15, 0.2) is 24.3 Å². The first kappa shape index (κ1) is 17.5. The van der Waals surface area contributed by atoms with Gasteiger partial charge in [0.2, 0.25) is 5.91 Å². The van der Waals surface area contributed by atoms with Gasteiger partial charge in [0.1, 0.15) is 11.3 Å². The lowest BCUT2D eigenvalue weighted by atomic mass is 9.81. The van der Waals surface area contributed by atoms with Gasteiger partial charge in [-0.2, -0.15) is 0 Å². The lowest BCUT2D eigenvalue weighted by Gasteiger charge is -2.35. The van der Waals surface area contributed by atoms with Crippen molar-refractivity contribution in [2.24, 2.45) is 0 Å². The molecule has 0 bridgehead atoms. The fourth-order valence-electron chi connectivity index (χ4n) is 3.56. The van der Waals surface area contributed by atoms with Crippen molar-refractivity contribution in [3.05, 3.63) is 35.4 Å². The van der Waals surface area contributed by atoms with E-state index < -0.39 is 5.54 Å². The largest absolute Gasteiger partial charge is 0.493 e. The number of hydrogen-bond acceptors (Lipinski definition) is 4. The zero-order chi connectivity index (χ0) is 17.7. The highest BCUT2D eigenvalue weighted by Crippen LogP contribution is 2.30. The maximum atomic E-state index is 12.4. The van der Waals surface area contributed by atoms with Crippen molar-refractivity contribution in [3.63, 3.8) is 0 Å². The van der Waals surface area contributed by atoms with Gasteiger partial charge in [-0.25, -0.2) is 4.79 Å². The smallest absolute Gasteiger partial charge is 0.331 e. The van der Waals surface area contributed by atoms with Crippen molar-refractivity contribution < 1.29 is 19.1 Å². The predicted molar refractivity (Wildman–Crippen MR) is 95.3 cm³/mol. The second kappa shape index (κ2) is 7.72. The standard InChI is InChI=1S/C20H25NO4/c1-2-24-19(23)20(11-4-3-5-12-20)21-18(22)9-7-15-6-8-17-16(14-15)10-13-25-17/h6-9,14H,2-5,10-13H2,1H3,(H,21,22)/b9-7+. The first-order valence-electron chi connectivity index (χ1n) is 9.06. The molecule has 1 heterocycles. The summed E-state index contributed by atoms with van der Waals surface area (Å²) in [6.45, 7) is 2.82. The van der Waals surface area contributed by atoms with Crippen LogP contribution in [0.5, 0.6) is 5.75 Å². The Balaban J connectivity index is 1.68. The van der Waals surface area contributed by atoms with E-state index in [2.05, 4.69) is 5.32 Å². The molecule has 25 heavy (non-hydrogen) atoms. The number of amides is 1. The van der Waals surface area contributed by atoms with Crippen molar-refractivity contribution >= 4 is 18.0 Å². The Bertz CT molecular complexity index is 674. The summed E-state index contributed by atoms with van der Waals surface area (Å²) in [4.78, 5) is 24.8. The van der Waals surface area contributed by atoms with Crippen LogP contribution in [-0.2, 0) is 20.7 Å². The molecule has 5 heteroatoms. The van der Waals surface area contributed by atoms with Crippen LogP contribution in [-0.4, -0.2) is 30.6 Å².